The third-order valence-electron chi connectivity index (χ3n) is 6.87. The second kappa shape index (κ2) is 9.55. The van der Waals surface area contributed by atoms with E-state index < -0.39 is 20.1 Å². The van der Waals surface area contributed by atoms with Gasteiger partial charge in [-0.25, -0.2) is 22.4 Å². The molecule has 37 heavy (non-hydrogen) atoms. The summed E-state index contributed by atoms with van der Waals surface area (Å²) in [7, 11) is -5.71. The third-order valence-corrected chi connectivity index (χ3v) is 9.84. The summed E-state index contributed by atoms with van der Waals surface area (Å²) >= 11 is 0. The van der Waals surface area contributed by atoms with Crippen LogP contribution in [0, 0.1) is 19.8 Å². The molecule has 0 radical (unpaired) electrons. The summed E-state index contributed by atoms with van der Waals surface area (Å²) in [5.41, 5.74) is 2.26. The molecular formula is C26H28N4O5S2. The van der Waals surface area contributed by atoms with Crippen LogP contribution in [-0.4, -0.2) is 50.5 Å². The summed E-state index contributed by atoms with van der Waals surface area (Å²) < 4.78 is 57.9. The van der Waals surface area contributed by atoms with Gasteiger partial charge in [-0.3, -0.25) is 4.18 Å². The topological polar surface area (TPSA) is 111 Å². The van der Waals surface area contributed by atoms with Gasteiger partial charge in [0.05, 0.1) is 21.8 Å². The Balaban J connectivity index is 1.28. The van der Waals surface area contributed by atoms with Gasteiger partial charge in [0.25, 0.3) is 20.1 Å². The van der Waals surface area contributed by atoms with E-state index in [2.05, 4.69) is 9.97 Å². The van der Waals surface area contributed by atoms with Gasteiger partial charge in [-0.2, -0.15) is 8.42 Å². The second-order valence-electron chi connectivity index (χ2n) is 9.52. The van der Waals surface area contributed by atoms with E-state index in [9.17, 15) is 16.8 Å². The molecule has 0 unspecified atom stereocenters. The van der Waals surface area contributed by atoms with E-state index in [-0.39, 0.29) is 28.4 Å². The summed E-state index contributed by atoms with van der Waals surface area (Å²) in [6.45, 7) is 3.91. The molecule has 2 aromatic carbocycles. The summed E-state index contributed by atoms with van der Waals surface area (Å²) in [6.07, 6.45) is 4.32. The smallest absolute Gasteiger partial charge is 0.296 e. The van der Waals surface area contributed by atoms with E-state index in [1.807, 2.05) is 25.8 Å². The minimum absolute atomic E-state index is 0.0940. The minimum atomic E-state index is -3.81. The molecule has 2 heterocycles. The van der Waals surface area contributed by atoms with E-state index in [4.69, 9.17) is 4.18 Å². The molecule has 0 bridgehead atoms. The Labute approximate surface area is 216 Å². The Bertz CT molecular complexity index is 1640. The summed E-state index contributed by atoms with van der Waals surface area (Å²) in [5.74, 6) is 0.719. The maximum absolute atomic E-state index is 13.2. The number of hydrogen-bond acceptors (Lipinski definition) is 8. The predicted octanol–water partition coefficient (Wildman–Crippen LogP) is 3.91. The van der Waals surface area contributed by atoms with Crippen LogP contribution in [0.3, 0.4) is 0 Å². The van der Waals surface area contributed by atoms with Crippen LogP contribution < -0.4 is 4.90 Å². The van der Waals surface area contributed by atoms with E-state index in [1.165, 1.54) is 16.5 Å². The SMILES string of the molecule is Cc1ccc(S(=O)(=O)OC[C@H]2C[C@H](N(C)c3ncnc4c3ccn4S(=O)(=O)c3ccc(C)cc3)C2)cc1. The summed E-state index contributed by atoms with van der Waals surface area (Å²) in [4.78, 5) is 11.0. The quantitative estimate of drug-likeness (QED) is 0.309. The van der Waals surface area contributed by atoms with Gasteiger partial charge in [0.15, 0.2) is 5.65 Å². The number of nitrogens with zero attached hydrogens (tertiary/aromatic N) is 4. The predicted molar refractivity (Wildman–Crippen MR) is 141 cm³/mol. The number of hydrogen-bond donors (Lipinski definition) is 0. The summed E-state index contributed by atoms with van der Waals surface area (Å²) in [6, 6.07) is 15.1. The molecule has 5 rings (SSSR count). The van der Waals surface area contributed by atoms with E-state index in [0.29, 0.717) is 16.9 Å². The van der Waals surface area contributed by atoms with Crippen LogP contribution in [0.2, 0.25) is 0 Å². The van der Waals surface area contributed by atoms with Crippen LogP contribution in [0.5, 0.6) is 0 Å². The molecular weight excluding hydrogens is 512 g/mol. The maximum atomic E-state index is 13.2. The van der Waals surface area contributed by atoms with Crippen molar-refractivity contribution >= 4 is 37.0 Å². The van der Waals surface area contributed by atoms with Crippen molar-refractivity contribution in [1.29, 1.82) is 0 Å². The number of anilines is 1. The molecule has 0 saturated heterocycles. The van der Waals surface area contributed by atoms with Gasteiger partial charge in [0, 0.05) is 19.3 Å². The first-order valence-electron chi connectivity index (χ1n) is 11.9. The Morgan fingerprint density at radius 2 is 1.49 bits per heavy atom. The average molecular weight is 541 g/mol. The van der Waals surface area contributed by atoms with Crippen LogP contribution in [0.4, 0.5) is 5.82 Å². The minimum Gasteiger partial charge on any atom is -0.356 e. The van der Waals surface area contributed by atoms with Crippen molar-refractivity contribution in [2.75, 3.05) is 18.6 Å². The third kappa shape index (κ3) is 4.86. The van der Waals surface area contributed by atoms with Crippen LogP contribution in [0.1, 0.15) is 24.0 Å². The van der Waals surface area contributed by atoms with Gasteiger partial charge < -0.3 is 4.90 Å². The molecule has 0 atom stereocenters. The zero-order valence-corrected chi connectivity index (χ0v) is 22.4. The first-order chi connectivity index (χ1) is 17.6. The van der Waals surface area contributed by atoms with Crippen molar-refractivity contribution in [2.45, 2.75) is 42.5 Å². The standard InChI is InChI=1S/C26H28N4O5S2/c1-18-4-8-22(9-5-18)36(31,32)30-13-12-24-25(27-17-28-26(24)30)29(3)21-14-20(15-21)16-35-37(33,34)23-10-6-19(2)7-11-23/h4-13,17,20-21H,14-16H2,1-3H3/t20-,21-. The van der Waals surface area contributed by atoms with E-state index in [0.717, 1.165) is 24.0 Å². The molecule has 0 N–H and O–H groups in total. The zero-order valence-electron chi connectivity index (χ0n) is 20.8. The normalized spacial score (nSPS) is 18.0. The van der Waals surface area contributed by atoms with Crippen LogP contribution in [-0.2, 0) is 24.3 Å². The molecule has 1 fully saturated rings. The lowest BCUT2D eigenvalue weighted by Gasteiger charge is -2.41. The molecule has 0 amide bonds. The highest BCUT2D eigenvalue weighted by molar-refractivity contribution is 7.90. The molecule has 9 nitrogen and oxygen atoms in total. The number of aryl methyl sites for hydroxylation is 2. The highest BCUT2D eigenvalue weighted by atomic mass is 32.2. The molecule has 4 aromatic rings. The van der Waals surface area contributed by atoms with Crippen molar-refractivity contribution in [3.8, 4) is 0 Å². The molecule has 1 aliphatic carbocycles. The maximum Gasteiger partial charge on any atom is 0.296 e. The van der Waals surface area contributed by atoms with Crippen LogP contribution in [0.25, 0.3) is 11.0 Å². The second-order valence-corrected chi connectivity index (χ2v) is 12.9. The molecule has 2 aromatic heterocycles. The van der Waals surface area contributed by atoms with Crippen molar-refractivity contribution in [1.82, 2.24) is 13.9 Å². The number of rotatable bonds is 8. The lowest BCUT2D eigenvalue weighted by molar-refractivity contribution is 0.161. The molecule has 0 aliphatic heterocycles. The summed E-state index contributed by atoms with van der Waals surface area (Å²) in [5, 5.41) is 0.627. The van der Waals surface area contributed by atoms with E-state index in [1.54, 1.807) is 54.6 Å². The van der Waals surface area contributed by atoms with Crippen molar-refractivity contribution in [3.05, 3.63) is 78.2 Å². The fraction of sp³-hybridized carbons (Fsp3) is 0.308. The van der Waals surface area contributed by atoms with Gasteiger partial charge >= 0.3 is 0 Å². The van der Waals surface area contributed by atoms with Gasteiger partial charge in [-0.15, -0.1) is 0 Å². The largest absolute Gasteiger partial charge is 0.356 e. The Morgan fingerprint density at radius 3 is 2.11 bits per heavy atom. The molecule has 11 heteroatoms. The Kier molecular flexibility index (Phi) is 6.55. The lowest BCUT2D eigenvalue weighted by atomic mass is 9.80. The molecule has 1 aliphatic rings. The Morgan fingerprint density at radius 1 is 0.892 bits per heavy atom. The lowest BCUT2D eigenvalue weighted by Crippen LogP contribution is -2.44. The highest BCUT2D eigenvalue weighted by Gasteiger charge is 2.35. The first-order valence-corrected chi connectivity index (χ1v) is 14.7. The van der Waals surface area contributed by atoms with Crippen molar-refractivity contribution in [3.63, 3.8) is 0 Å². The fourth-order valence-corrected chi connectivity index (χ4v) is 6.78. The van der Waals surface area contributed by atoms with Crippen molar-refractivity contribution in [2.24, 2.45) is 5.92 Å². The van der Waals surface area contributed by atoms with Crippen LogP contribution in [0.15, 0.2) is 76.9 Å². The van der Waals surface area contributed by atoms with Gasteiger partial charge in [-0.1, -0.05) is 35.4 Å². The van der Waals surface area contributed by atoms with Gasteiger partial charge in [0.1, 0.15) is 12.1 Å². The fourth-order valence-electron chi connectivity index (χ4n) is 4.50. The first kappa shape index (κ1) is 25.4. The molecule has 1 saturated carbocycles. The average Bonchev–Trinajstić information content (AvgIpc) is 3.29. The monoisotopic (exact) mass is 540 g/mol. The molecule has 194 valence electrons. The Hall–Kier alpha value is -3.28. The van der Waals surface area contributed by atoms with E-state index >= 15 is 0 Å². The number of aromatic nitrogens is 3. The number of fused-ring (bicyclic) bond motifs is 1. The van der Waals surface area contributed by atoms with Gasteiger partial charge in [0.2, 0.25) is 0 Å². The molecule has 0 spiro atoms. The van der Waals surface area contributed by atoms with Gasteiger partial charge in [-0.05, 0) is 62.9 Å². The van der Waals surface area contributed by atoms with Crippen molar-refractivity contribution < 1.29 is 21.0 Å². The number of benzene rings is 2. The zero-order chi connectivity index (χ0) is 26.4. The van der Waals surface area contributed by atoms with Crippen LogP contribution >= 0.6 is 0 Å². The highest BCUT2D eigenvalue weighted by Crippen LogP contribution is 2.36.